The van der Waals surface area contributed by atoms with E-state index < -0.39 is 11.9 Å². The Balaban J connectivity index is 1.33. The Morgan fingerprint density at radius 2 is 1.92 bits per heavy atom. The van der Waals surface area contributed by atoms with Gasteiger partial charge < -0.3 is 14.4 Å². The molecular formula is C29H25N5O5. The van der Waals surface area contributed by atoms with Crippen LogP contribution in [-0.2, 0) is 4.79 Å². The maximum Gasteiger partial charge on any atom is 0.308 e. The molecule has 39 heavy (non-hydrogen) atoms. The molecule has 4 aromatic rings. The van der Waals surface area contributed by atoms with E-state index in [1.165, 1.54) is 11.9 Å². The summed E-state index contributed by atoms with van der Waals surface area (Å²) in [6.07, 6.45) is 4.41. The topological polar surface area (TPSA) is 143 Å². The Kier molecular flexibility index (Phi) is 7.08. The predicted molar refractivity (Wildman–Crippen MR) is 142 cm³/mol. The van der Waals surface area contributed by atoms with Crippen LogP contribution in [0.5, 0.6) is 0 Å². The molecule has 3 N–H and O–H groups in total. The first kappa shape index (κ1) is 25.6. The molecule has 4 heterocycles. The average Bonchev–Trinajstić information content (AvgIpc) is 3.44. The summed E-state index contributed by atoms with van der Waals surface area (Å²) in [5.41, 5.74) is 3.15. The number of nitrogens with two attached hydrogens (primary N) is 1. The maximum absolute atomic E-state index is 12.8. The van der Waals surface area contributed by atoms with Crippen molar-refractivity contribution < 1.29 is 23.9 Å². The van der Waals surface area contributed by atoms with Crippen molar-refractivity contribution in [2.24, 2.45) is 11.8 Å². The van der Waals surface area contributed by atoms with E-state index in [0.29, 0.717) is 52.9 Å². The minimum atomic E-state index is -0.893. The van der Waals surface area contributed by atoms with Gasteiger partial charge in [0.1, 0.15) is 0 Å². The summed E-state index contributed by atoms with van der Waals surface area (Å²) in [5.74, 6) is 9.95. The Morgan fingerprint density at radius 3 is 2.67 bits per heavy atom. The number of carbonyl (C=O) groups is 3. The highest BCUT2D eigenvalue weighted by Crippen LogP contribution is 2.25. The van der Waals surface area contributed by atoms with Gasteiger partial charge in [0.15, 0.2) is 11.5 Å². The van der Waals surface area contributed by atoms with Gasteiger partial charge in [0.25, 0.3) is 11.8 Å². The van der Waals surface area contributed by atoms with E-state index in [0.717, 1.165) is 10.6 Å². The lowest BCUT2D eigenvalue weighted by molar-refractivity contribution is -0.143. The highest BCUT2D eigenvalue weighted by atomic mass is 16.4. The largest absolute Gasteiger partial charge is 0.481 e. The molecule has 10 nitrogen and oxygen atoms in total. The van der Waals surface area contributed by atoms with Gasteiger partial charge in [-0.15, -0.1) is 0 Å². The number of hydrogen-bond donors (Lipinski definition) is 2. The fraction of sp³-hybridized carbons (Fsp3) is 0.207. The number of carboxylic acids is 1. The van der Waals surface area contributed by atoms with Gasteiger partial charge in [-0.1, -0.05) is 18.1 Å². The standard InChI is InChI=1S/C29H25N5O5/c1-33(30)27(35)22-15-25(32-24-12-13-31-16-23(22)24)19-7-4-18(5-8-19)6-9-21-10-11-26(39-21)28(36)34-14-2-3-20(17-34)29(37)38/h4-5,7-8,10-13,15-16,20H,2-3,14,17,30H2,1H3,(H,37,38). The molecule has 196 valence electrons. The number of carboxylic acid groups (broad SMARTS) is 1. The fourth-order valence-corrected chi connectivity index (χ4v) is 4.48. The Hall–Kier alpha value is -5.01. The van der Waals surface area contributed by atoms with Crippen LogP contribution >= 0.6 is 0 Å². The van der Waals surface area contributed by atoms with Crippen LogP contribution in [0.25, 0.3) is 22.2 Å². The number of aliphatic carboxylic acids is 1. The molecule has 1 aromatic carbocycles. The van der Waals surface area contributed by atoms with E-state index in [-0.39, 0.29) is 24.1 Å². The highest BCUT2D eigenvalue weighted by molar-refractivity contribution is 6.06. The van der Waals surface area contributed by atoms with Gasteiger partial charge >= 0.3 is 5.97 Å². The van der Waals surface area contributed by atoms with E-state index in [1.807, 2.05) is 24.3 Å². The van der Waals surface area contributed by atoms with Crippen LogP contribution in [-0.4, -0.2) is 62.9 Å². The molecule has 10 heteroatoms. The van der Waals surface area contributed by atoms with Gasteiger partial charge in [0.2, 0.25) is 0 Å². The second-order valence-corrected chi connectivity index (χ2v) is 9.28. The summed E-state index contributed by atoms with van der Waals surface area (Å²) in [4.78, 5) is 47.0. The summed E-state index contributed by atoms with van der Waals surface area (Å²) < 4.78 is 5.63. The number of hydrogen-bond acceptors (Lipinski definition) is 7. The van der Waals surface area contributed by atoms with Gasteiger partial charge in [-0.2, -0.15) is 0 Å². The molecule has 5 rings (SSSR count). The van der Waals surface area contributed by atoms with Crippen LogP contribution in [0.2, 0.25) is 0 Å². The quantitative estimate of drug-likeness (QED) is 0.180. The zero-order valence-electron chi connectivity index (χ0n) is 21.1. The zero-order chi connectivity index (χ0) is 27.5. The molecule has 0 spiro atoms. The average molecular weight is 524 g/mol. The number of piperidine rings is 1. The minimum absolute atomic E-state index is 0.131. The first-order valence-electron chi connectivity index (χ1n) is 12.3. The first-order valence-corrected chi connectivity index (χ1v) is 12.3. The summed E-state index contributed by atoms with van der Waals surface area (Å²) in [6, 6.07) is 14.0. The lowest BCUT2D eigenvalue weighted by atomic mass is 9.98. The molecule has 0 aliphatic carbocycles. The van der Waals surface area contributed by atoms with E-state index in [9.17, 15) is 19.5 Å². The van der Waals surface area contributed by atoms with Crippen molar-refractivity contribution in [1.29, 1.82) is 0 Å². The summed E-state index contributed by atoms with van der Waals surface area (Å²) >= 11 is 0. The Morgan fingerprint density at radius 1 is 1.13 bits per heavy atom. The molecule has 1 aliphatic heterocycles. The fourth-order valence-electron chi connectivity index (χ4n) is 4.48. The molecular weight excluding hydrogens is 498 g/mol. The van der Waals surface area contributed by atoms with Crippen LogP contribution < -0.4 is 5.84 Å². The highest BCUT2D eigenvalue weighted by Gasteiger charge is 2.29. The number of aromatic nitrogens is 2. The molecule has 2 amide bonds. The molecule has 3 aromatic heterocycles. The first-order chi connectivity index (χ1) is 18.8. The van der Waals surface area contributed by atoms with Crippen molar-refractivity contribution in [3.8, 4) is 23.1 Å². The summed E-state index contributed by atoms with van der Waals surface area (Å²) in [7, 11) is 1.48. The second-order valence-electron chi connectivity index (χ2n) is 9.28. The Labute approximate surface area is 224 Å². The summed E-state index contributed by atoms with van der Waals surface area (Å²) in [5, 5.41) is 10.9. The number of amides is 2. The number of benzene rings is 1. The van der Waals surface area contributed by atoms with E-state index in [4.69, 9.17) is 10.3 Å². The van der Waals surface area contributed by atoms with Crippen molar-refractivity contribution in [2.45, 2.75) is 12.8 Å². The van der Waals surface area contributed by atoms with Crippen molar-refractivity contribution in [1.82, 2.24) is 19.9 Å². The third-order valence-corrected chi connectivity index (χ3v) is 6.55. The lowest BCUT2D eigenvalue weighted by Gasteiger charge is -2.29. The Bertz CT molecular complexity index is 1630. The number of fused-ring (bicyclic) bond motifs is 1. The zero-order valence-corrected chi connectivity index (χ0v) is 21.1. The molecule has 0 bridgehead atoms. The van der Waals surface area contributed by atoms with Crippen LogP contribution in [0.3, 0.4) is 0 Å². The molecule has 1 saturated heterocycles. The second kappa shape index (κ2) is 10.8. The normalized spacial score (nSPS) is 14.9. The predicted octanol–water partition coefficient (Wildman–Crippen LogP) is 3.17. The number of rotatable bonds is 4. The summed E-state index contributed by atoms with van der Waals surface area (Å²) in [6.45, 7) is 0.669. The SMILES string of the molecule is CN(N)C(=O)c1cc(-c2ccc(C#Cc3ccc(C(=O)N4CCCC(C(=O)O)C4)o3)cc2)nc2ccncc12. The van der Waals surface area contributed by atoms with Gasteiger partial charge in [0.05, 0.1) is 22.7 Å². The van der Waals surface area contributed by atoms with E-state index >= 15 is 0 Å². The number of nitrogens with zero attached hydrogens (tertiary/aromatic N) is 4. The maximum atomic E-state index is 12.8. The third-order valence-electron chi connectivity index (χ3n) is 6.55. The number of pyridine rings is 2. The van der Waals surface area contributed by atoms with Crippen LogP contribution in [0.4, 0.5) is 0 Å². The minimum Gasteiger partial charge on any atom is -0.481 e. The molecule has 1 fully saturated rings. The van der Waals surface area contributed by atoms with Crippen molar-refractivity contribution in [3.63, 3.8) is 0 Å². The van der Waals surface area contributed by atoms with Gasteiger partial charge in [-0.25, -0.2) is 10.8 Å². The van der Waals surface area contributed by atoms with Crippen molar-refractivity contribution in [2.75, 3.05) is 20.1 Å². The molecule has 1 unspecified atom stereocenters. The van der Waals surface area contributed by atoms with Crippen LogP contribution in [0.15, 0.2) is 65.3 Å². The van der Waals surface area contributed by atoms with E-state index in [2.05, 4.69) is 21.8 Å². The molecule has 0 saturated carbocycles. The molecule has 0 radical (unpaired) electrons. The van der Waals surface area contributed by atoms with Crippen LogP contribution in [0.1, 0.15) is 45.1 Å². The van der Waals surface area contributed by atoms with Crippen molar-refractivity contribution in [3.05, 3.63) is 83.6 Å². The number of carbonyl (C=O) groups excluding carboxylic acids is 2. The molecule has 1 aliphatic rings. The lowest BCUT2D eigenvalue weighted by Crippen LogP contribution is -2.42. The third kappa shape index (κ3) is 5.49. The van der Waals surface area contributed by atoms with E-state index in [1.54, 1.807) is 36.7 Å². The van der Waals surface area contributed by atoms with Gasteiger partial charge in [-0.3, -0.25) is 24.4 Å². The van der Waals surface area contributed by atoms with Crippen LogP contribution in [0, 0.1) is 17.8 Å². The monoisotopic (exact) mass is 523 g/mol. The number of likely N-dealkylation sites (tertiary alicyclic amines) is 1. The van der Waals surface area contributed by atoms with Crippen molar-refractivity contribution >= 4 is 28.7 Å². The number of hydrazine groups is 1. The van der Waals surface area contributed by atoms with Gasteiger partial charge in [-0.05, 0) is 55.2 Å². The molecule has 1 atom stereocenters. The number of furan rings is 1. The smallest absolute Gasteiger partial charge is 0.308 e. The van der Waals surface area contributed by atoms with Gasteiger partial charge in [0, 0.05) is 49.0 Å².